The summed E-state index contributed by atoms with van der Waals surface area (Å²) in [6.45, 7) is 0. The zero-order valence-corrected chi connectivity index (χ0v) is 10.8. The molecular weight excluding hydrogens is 266 g/mol. The van der Waals surface area contributed by atoms with E-state index in [0.717, 1.165) is 23.1 Å². The van der Waals surface area contributed by atoms with E-state index in [1.165, 1.54) is 24.8 Å². The van der Waals surface area contributed by atoms with Gasteiger partial charge < -0.3 is 10.5 Å². The topological polar surface area (TPSA) is 35.2 Å². The minimum absolute atomic E-state index is 0.0827. The monoisotopic (exact) mass is 281 g/mol. The van der Waals surface area contributed by atoms with Crippen molar-refractivity contribution in [1.29, 1.82) is 0 Å². The van der Waals surface area contributed by atoms with Gasteiger partial charge in [-0.05, 0) is 65.7 Å². The first kappa shape index (κ1) is 10.6. The Bertz CT molecular complexity index is 410. The molecule has 0 aliphatic heterocycles. The van der Waals surface area contributed by atoms with E-state index in [2.05, 4.69) is 28.1 Å². The van der Waals surface area contributed by atoms with Gasteiger partial charge in [0.2, 0.25) is 0 Å². The number of hydrogen-bond acceptors (Lipinski definition) is 2. The lowest BCUT2D eigenvalue weighted by atomic mass is 9.73. The Morgan fingerprint density at radius 2 is 2.06 bits per heavy atom. The highest BCUT2D eigenvalue weighted by molar-refractivity contribution is 9.10. The molecule has 2 fully saturated rings. The first-order chi connectivity index (χ1) is 7.67. The Morgan fingerprint density at radius 3 is 2.56 bits per heavy atom. The van der Waals surface area contributed by atoms with Gasteiger partial charge in [-0.3, -0.25) is 0 Å². The van der Waals surface area contributed by atoms with Crippen LogP contribution in [-0.4, -0.2) is 6.10 Å². The average Bonchev–Trinajstić information content (AvgIpc) is 3.01. The summed E-state index contributed by atoms with van der Waals surface area (Å²) >= 11 is 3.57. The van der Waals surface area contributed by atoms with Crippen molar-refractivity contribution in [3.8, 4) is 5.75 Å². The van der Waals surface area contributed by atoms with Crippen molar-refractivity contribution in [2.75, 3.05) is 0 Å². The van der Waals surface area contributed by atoms with Gasteiger partial charge in [0, 0.05) is 5.54 Å². The van der Waals surface area contributed by atoms with E-state index in [0.29, 0.717) is 6.10 Å². The predicted octanol–water partition coefficient (Wildman–Crippen LogP) is 3.33. The van der Waals surface area contributed by atoms with E-state index in [1.807, 2.05) is 6.07 Å². The largest absolute Gasteiger partial charge is 0.489 e. The van der Waals surface area contributed by atoms with Crippen LogP contribution in [0.25, 0.3) is 0 Å². The van der Waals surface area contributed by atoms with E-state index in [9.17, 15) is 0 Å². The molecule has 0 unspecified atom stereocenters. The van der Waals surface area contributed by atoms with Crippen molar-refractivity contribution in [2.24, 2.45) is 5.73 Å². The van der Waals surface area contributed by atoms with Crippen LogP contribution >= 0.6 is 15.9 Å². The van der Waals surface area contributed by atoms with Gasteiger partial charge in [0.05, 0.1) is 10.6 Å². The molecule has 2 aliphatic rings. The van der Waals surface area contributed by atoms with Crippen molar-refractivity contribution < 1.29 is 4.74 Å². The molecule has 86 valence electrons. The maximum absolute atomic E-state index is 6.30. The summed E-state index contributed by atoms with van der Waals surface area (Å²) in [5, 5.41) is 0. The lowest BCUT2D eigenvalue weighted by Gasteiger charge is -2.38. The zero-order chi connectivity index (χ0) is 11.2. The number of ether oxygens (including phenoxy) is 1. The molecule has 0 radical (unpaired) electrons. The van der Waals surface area contributed by atoms with Crippen molar-refractivity contribution in [3.05, 3.63) is 28.2 Å². The van der Waals surface area contributed by atoms with Crippen LogP contribution in [0.1, 0.15) is 37.7 Å². The molecule has 2 saturated carbocycles. The van der Waals surface area contributed by atoms with Gasteiger partial charge in [0.25, 0.3) is 0 Å². The molecule has 1 aromatic carbocycles. The summed E-state index contributed by atoms with van der Waals surface area (Å²) in [6.07, 6.45) is 6.26. The van der Waals surface area contributed by atoms with Gasteiger partial charge in [-0.2, -0.15) is 0 Å². The lowest BCUT2D eigenvalue weighted by molar-refractivity contribution is 0.252. The van der Waals surface area contributed by atoms with Crippen LogP contribution in [0.4, 0.5) is 0 Å². The molecular formula is C13H16BrNO. The summed E-state index contributed by atoms with van der Waals surface area (Å²) in [7, 11) is 0. The maximum Gasteiger partial charge on any atom is 0.133 e. The maximum atomic E-state index is 6.30. The zero-order valence-electron chi connectivity index (χ0n) is 9.21. The summed E-state index contributed by atoms with van der Waals surface area (Å²) in [5.74, 6) is 0.953. The fraction of sp³-hybridized carbons (Fsp3) is 0.538. The number of halogens is 1. The second-order valence-electron chi connectivity index (χ2n) is 4.97. The van der Waals surface area contributed by atoms with E-state index in [1.54, 1.807) is 0 Å². The third-order valence-electron chi connectivity index (χ3n) is 3.57. The number of nitrogens with two attached hydrogens (primary N) is 1. The molecule has 16 heavy (non-hydrogen) atoms. The normalized spacial score (nSPS) is 22.6. The van der Waals surface area contributed by atoms with Crippen LogP contribution in [0.3, 0.4) is 0 Å². The second kappa shape index (κ2) is 3.74. The molecule has 0 bridgehead atoms. The first-order valence-corrected chi connectivity index (χ1v) is 6.72. The van der Waals surface area contributed by atoms with Crippen LogP contribution in [0, 0.1) is 0 Å². The minimum Gasteiger partial charge on any atom is -0.489 e. The van der Waals surface area contributed by atoms with E-state index in [4.69, 9.17) is 10.5 Å². The quantitative estimate of drug-likeness (QED) is 0.923. The summed E-state index contributed by atoms with van der Waals surface area (Å²) < 4.78 is 6.82. The minimum atomic E-state index is -0.0827. The van der Waals surface area contributed by atoms with E-state index >= 15 is 0 Å². The number of hydrogen-bond donors (Lipinski definition) is 1. The van der Waals surface area contributed by atoms with Gasteiger partial charge >= 0.3 is 0 Å². The molecule has 1 aromatic rings. The van der Waals surface area contributed by atoms with Gasteiger partial charge in [0.15, 0.2) is 0 Å². The van der Waals surface area contributed by atoms with E-state index in [-0.39, 0.29) is 5.54 Å². The fourth-order valence-electron chi connectivity index (χ4n) is 2.12. The second-order valence-corrected chi connectivity index (χ2v) is 5.83. The van der Waals surface area contributed by atoms with Gasteiger partial charge in [-0.15, -0.1) is 0 Å². The standard InChI is InChI=1S/C13H16BrNO/c14-11-8-9(13(15)6-1-7-13)2-5-12(11)16-10-3-4-10/h2,5,8,10H,1,3-4,6-7,15H2. The molecule has 0 aromatic heterocycles. The molecule has 0 atom stereocenters. The smallest absolute Gasteiger partial charge is 0.133 e. The Hall–Kier alpha value is -0.540. The Balaban J connectivity index is 1.83. The Morgan fingerprint density at radius 1 is 1.31 bits per heavy atom. The van der Waals surface area contributed by atoms with Crippen LogP contribution in [0.15, 0.2) is 22.7 Å². The SMILES string of the molecule is NC1(c2ccc(OC3CC3)c(Br)c2)CCC1. The predicted molar refractivity (Wildman–Crippen MR) is 67.5 cm³/mol. The third-order valence-corrected chi connectivity index (χ3v) is 4.19. The van der Waals surface area contributed by atoms with Crippen molar-refractivity contribution >= 4 is 15.9 Å². The molecule has 0 saturated heterocycles. The average molecular weight is 282 g/mol. The molecule has 0 spiro atoms. The molecule has 3 rings (SSSR count). The highest BCUT2D eigenvalue weighted by Gasteiger charge is 2.34. The van der Waals surface area contributed by atoms with Gasteiger partial charge in [0.1, 0.15) is 5.75 Å². The fourth-order valence-corrected chi connectivity index (χ4v) is 2.59. The van der Waals surface area contributed by atoms with Crippen LogP contribution < -0.4 is 10.5 Å². The molecule has 2 N–H and O–H groups in total. The molecule has 3 heteroatoms. The summed E-state index contributed by atoms with van der Waals surface area (Å²) in [4.78, 5) is 0. The Kier molecular flexibility index (Phi) is 2.48. The van der Waals surface area contributed by atoms with Crippen LogP contribution in [0.5, 0.6) is 5.75 Å². The van der Waals surface area contributed by atoms with Gasteiger partial charge in [-0.25, -0.2) is 0 Å². The number of benzene rings is 1. The summed E-state index contributed by atoms with van der Waals surface area (Å²) in [6, 6.07) is 6.28. The molecule has 2 aliphatic carbocycles. The lowest BCUT2D eigenvalue weighted by Crippen LogP contribution is -2.43. The molecule has 0 amide bonds. The summed E-state index contributed by atoms with van der Waals surface area (Å²) in [5.41, 5.74) is 7.44. The molecule has 0 heterocycles. The van der Waals surface area contributed by atoms with Crippen molar-refractivity contribution in [1.82, 2.24) is 0 Å². The number of rotatable bonds is 3. The first-order valence-electron chi connectivity index (χ1n) is 5.93. The van der Waals surface area contributed by atoms with Crippen molar-refractivity contribution in [2.45, 2.75) is 43.7 Å². The van der Waals surface area contributed by atoms with Gasteiger partial charge in [-0.1, -0.05) is 6.07 Å². The highest BCUT2D eigenvalue weighted by atomic mass is 79.9. The highest BCUT2D eigenvalue weighted by Crippen LogP contribution is 2.41. The van der Waals surface area contributed by atoms with Crippen LogP contribution in [0.2, 0.25) is 0 Å². The molecule has 2 nitrogen and oxygen atoms in total. The third kappa shape index (κ3) is 1.87. The van der Waals surface area contributed by atoms with E-state index < -0.39 is 0 Å². The van der Waals surface area contributed by atoms with Crippen LogP contribution in [-0.2, 0) is 5.54 Å². The Labute approximate surface area is 104 Å². The van der Waals surface area contributed by atoms with Crippen molar-refractivity contribution in [3.63, 3.8) is 0 Å².